The molecule has 1 aliphatic heterocycles. The summed E-state index contributed by atoms with van der Waals surface area (Å²) in [7, 11) is 0. The molecule has 2 heterocycles. The zero-order valence-electron chi connectivity index (χ0n) is 21.6. The SMILES string of the molecule is CC(C)N(Cc1cccc(C2=CC=NC(C)(NCCc3ccc(O)c(Cl)c3)N2)c1)C(=O)c1cncc(Br)c1. The zero-order chi connectivity index (χ0) is 27.3. The lowest BCUT2D eigenvalue weighted by atomic mass is 10.0. The standard InChI is InChI=1S/C29H31BrClN5O2/c1-19(2)36(28(38)23-15-24(30)17-32-16-23)18-21-5-4-6-22(13-21)26-10-12-34-29(3,35-26)33-11-9-20-7-8-27(37)25(31)14-20/h4-8,10,12-17,19,33,35,37H,9,11,18H2,1-3H3. The summed E-state index contributed by atoms with van der Waals surface area (Å²) in [6.45, 7) is 7.14. The van der Waals surface area contributed by atoms with Crippen LogP contribution in [0.4, 0.5) is 0 Å². The van der Waals surface area contributed by atoms with Gasteiger partial charge in [-0.05, 0) is 90.2 Å². The minimum atomic E-state index is -0.686. The van der Waals surface area contributed by atoms with Gasteiger partial charge >= 0.3 is 0 Å². The van der Waals surface area contributed by atoms with Crippen molar-refractivity contribution >= 4 is 45.3 Å². The summed E-state index contributed by atoms with van der Waals surface area (Å²) in [4.78, 5) is 23.8. The van der Waals surface area contributed by atoms with Crippen LogP contribution in [-0.2, 0) is 13.0 Å². The van der Waals surface area contributed by atoms with Gasteiger partial charge in [0, 0.05) is 47.9 Å². The normalized spacial score (nSPS) is 16.7. The summed E-state index contributed by atoms with van der Waals surface area (Å²) in [6, 6.07) is 15.2. The van der Waals surface area contributed by atoms with Gasteiger partial charge in [-0.25, -0.2) is 0 Å². The van der Waals surface area contributed by atoms with Crippen LogP contribution in [0.5, 0.6) is 5.75 Å². The molecule has 1 unspecified atom stereocenters. The summed E-state index contributed by atoms with van der Waals surface area (Å²) in [5.74, 6) is -0.668. The number of hydrogen-bond acceptors (Lipinski definition) is 6. The predicted octanol–water partition coefficient (Wildman–Crippen LogP) is 5.77. The molecule has 3 aromatic rings. The van der Waals surface area contributed by atoms with E-state index in [1.165, 1.54) is 0 Å². The van der Waals surface area contributed by atoms with Crippen LogP contribution >= 0.6 is 27.5 Å². The first-order chi connectivity index (χ1) is 18.1. The monoisotopic (exact) mass is 595 g/mol. The molecule has 1 amide bonds. The van der Waals surface area contributed by atoms with Gasteiger partial charge in [0.15, 0.2) is 5.79 Å². The van der Waals surface area contributed by atoms with Crippen molar-refractivity contribution in [2.75, 3.05) is 6.54 Å². The highest BCUT2D eigenvalue weighted by Crippen LogP contribution is 2.24. The number of nitrogens with one attached hydrogen (secondary N) is 2. The maximum Gasteiger partial charge on any atom is 0.255 e. The molecule has 0 saturated carbocycles. The number of rotatable bonds is 9. The van der Waals surface area contributed by atoms with Gasteiger partial charge in [0.05, 0.1) is 10.6 Å². The number of aliphatic imine (C=N–C) groups is 1. The molecule has 7 nitrogen and oxygen atoms in total. The Balaban J connectivity index is 1.43. The van der Waals surface area contributed by atoms with E-state index in [-0.39, 0.29) is 17.7 Å². The van der Waals surface area contributed by atoms with Crippen LogP contribution < -0.4 is 10.6 Å². The minimum Gasteiger partial charge on any atom is -0.506 e. The number of benzene rings is 2. The lowest BCUT2D eigenvalue weighted by Gasteiger charge is -2.33. The van der Waals surface area contributed by atoms with Gasteiger partial charge in [0.1, 0.15) is 5.75 Å². The number of aromatic nitrogens is 1. The second-order valence-corrected chi connectivity index (χ2v) is 11.0. The van der Waals surface area contributed by atoms with E-state index >= 15 is 0 Å². The summed E-state index contributed by atoms with van der Waals surface area (Å²) in [6.07, 6.45) is 7.74. The van der Waals surface area contributed by atoms with E-state index in [4.69, 9.17) is 11.6 Å². The zero-order valence-corrected chi connectivity index (χ0v) is 23.9. The number of aromatic hydroxyl groups is 1. The molecule has 1 atom stereocenters. The summed E-state index contributed by atoms with van der Waals surface area (Å²) in [5, 5.41) is 16.9. The molecule has 0 radical (unpaired) electrons. The maximum absolute atomic E-state index is 13.2. The number of nitrogens with zero attached hydrogens (tertiary/aromatic N) is 3. The van der Waals surface area contributed by atoms with Gasteiger partial charge in [-0.2, -0.15) is 0 Å². The number of pyridine rings is 1. The number of hydrogen-bond donors (Lipinski definition) is 3. The third-order valence-electron chi connectivity index (χ3n) is 6.27. The average molecular weight is 597 g/mol. The Hall–Kier alpha value is -3.20. The molecule has 38 heavy (non-hydrogen) atoms. The first-order valence-corrected chi connectivity index (χ1v) is 13.6. The molecule has 0 spiro atoms. The van der Waals surface area contributed by atoms with Crippen molar-refractivity contribution in [3.05, 3.63) is 98.7 Å². The van der Waals surface area contributed by atoms with Gasteiger partial charge in [-0.3, -0.25) is 20.1 Å². The molecule has 1 aromatic heterocycles. The van der Waals surface area contributed by atoms with Crippen molar-refractivity contribution in [3.63, 3.8) is 0 Å². The highest BCUT2D eigenvalue weighted by atomic mass is 79.9. The molecule has 0 bridgehead atoms. The Kier molecular flexibility index (Phi) is 8.87. The molecule has 0 fully saturated rings. The summed E-state index contributed by atoms with van der Waals surface area (Å²) >= 11 is 9.43. The molecule has 0 aliphatic carbocycles. The molecule has 4 rings (SSSR count). The first-order valence-electron chi connectivity index (χ1n) is 12.4. The highest BCUT2D eigenvalue weighted by Gasteiger charge is 2.25. The van der Waals surface area contributed by atoms with E-state index in [1.807, 2.05) is 56.0 Å². The predicted molar refractivity (Wildman–Crippen MR) is 156 cm³/mol. The topological polar surface area (TPSA) is 89.9 Å². The number of allylic oxidation sites excluding steroid dienone is 1. The quantitative estimate of drug-likeness (QED) is 0.292. The number of carbonyl (C=O) groups is 1. The fraction of sp³-hybridized carbons (Fsp3) is 0.276. The molecule has 9 heteroatoms. The van der Waals surface area contributed by atoms with Crippen molar-refractivity contribution in [2.45, 2.75) is 45.6 Å². The molecule has 3 N–H and O–H groups in total. The molecule has 198 valence electrons. The van der Waals surface area contributed by atoms with Crippen LogP contribution in [0.3, 0.4) is 0 Å². The average Bonchev–Trinajstić information content (AvgIpc) is 2.89. The Morgan fingerprint density at radius 1 is 1.18 bits per heavy atom. The van der Waals surface area contributed by atoms with E-state index < -0.39 is 5.79 Å². The molecule has 2 aromatic carbocycles. The van der Waals surface area contributed by atoms with Crippen LogP contribution in [0.2, 0.25) is 5.02 Å². The van der Waals surface area contributed by atoms with Crippen LogP contribution in [0.25, 0.3) is 5.70 Å². The fourth-order valence-electron chi connectivity index (χ4n) is 4.23. The number of halogens is 2. The van der Waals surface area contributed by atoms with Crippen LogP contribution in [0.1, 0.15) is 47.8 Å². The van der Waals surface area contributed by atoms with Gasteiger partial charge < -0.3 is 15.3 Å². The Labute approximate surface area is 236 Å². The number of phenols is 1. The number of phenolic OH excluding ortho intramolecular Hbond substituents is 1. The second kappa shape index (κ2) is 12.1. The van der Waals surface area contributed by atoms with E-state index in [9.17, 15) is 9.90 Å². The fourth-order valence-corrected chi connectivity index (χ4v) is 4.80. The Bertz CT molecular complexity index is 1380. The summed E-state index contributed by atoms with van der Waals surface area (Å²) in [5.41, 5.74) is 4.54. The maximum atomic E-state index is 13.2. The number of carbonyl (C=O) groups excluding carboxylic acids is 1. The van der Waals surface area contributed by atoms with Gasteiger partial charge in [0.2, 0.25) is 0 Å². The second-order valence-electron chi connectivity index (χ2n) is 9.64. The van der Waals surface area contributed by atoms with E-state index in [2.05, 4.69) is 42.6 Å². The molecule has 1 aliphatic rings. The number of amides is 1. The van der Waals surface area contributed by atoms with Crippen LogP contribution in [0, 0.1) is 0 Å². The molecular weight excluding hydrogens is 566 g/mol. The smallest absolute Gasteiger partial charge is 0.255 e. The van der Waals surface area contributed by atoms with Crippen LogP contribution in [0.15, 0.2) is 76.5 Å². The Morgan fingerprint density at radius 2 is 2.00 bits per heavy atom. The van der Waals surface area contributed by atoms with Crippen molar-refractivity contribution in [1.82, 2.24) is 20.5 Å². The Morgan fingerprint density at radius 3 is 2.74 bits per heavy atom. The van der Waals surface area contributed by atoms with Crippen molar-refractivity contribution in [2.24, 2.45) is 4.99 Å². The van der Waals surface area contributed by atoms with Gasteiger partial charge in [-0.1, -0.05) is 35.9 Å². The van der Waals surface area contributed by atoms with E-state index in [0.29, 0.717) is 23.7 Å². The van der Waals surface area contributed by atoms with Crippen molar-refractivity contribution in [1.29, 1.82) is 0 Å². The van der Waals surface area contributed by atoms with E-state index in [0.717, 1.165) is 33.3 Å². The summed E-state index contributed by atoms with van der Waals surface area (Å²) < 4.78 is 0.773. The lowest BCUT2D eigenvalue weighted by Crippen LogP contribution is -2.53. The molecular formula is C29H31BrClN5O2. The minimum absolute atomic E-state index is 0.0141. The first kappa shape index (κ1) is 27.8. The van der Waals surface area contributed by atoms with Crippen molar-refractivity contribution in [3.8, 4) is 5.75 Å². The van der Waals surface area contributed by atoms with Crippen molar-refractivity contribution < 1.29 is 9.90 Å². The van der Waals surface area contributed by atoms with Crippen LogP contribution in [-0.4, -0.2) is 45.5 Å². The van der Waals surface area contributed by atoms with Gasteiger partial charge in [0.25, 0.3) is 5.91 Å². The third kappa shape index (κ3) is 7.01. The molecule has 0 saturated heterocycles. The lowest BCUT2D eigenvalue weighted by molar-refractivity contribution is 0.0690. The highest BCUT2D eigenvalue weighted by molar-refractivity contribution is 9.10. The largest absolute Gasteiger partial charge is 0.506 e. The van der Waals surface area contributed by atoms with E-state index in [1.54, 1.807) is 36.8 Å². The third-order valence-corrected chi connectivity index (χ3v) is 7.01. The van der Waals surface area contributed by atoms with Gasteiger partial charge in [-0.15, -0.1) is 0 Å².